The number of fused-ring (bicyclic) bond motifs is 1. The topological polar surface area (TPSA) is 64.4 Å². The Kier molecular flexibility index (Phi) is 5.07. The number of para-hydroxylation sites is 1. The van der Waals surface area contributed by atoms with Crippen molar-refractivity contribution in [1.29, 1.82) is 0 Å². The van der Waals surface area contributed by atoms with Crippen LogP contribution in [0.25, 0.3) is 5.69 Å². The minimum absolute atomic E-state index is 0.226. The highest BCUT2D eigenvalue weighted by atomic mass is 16.5. The predicted molar refractivity (Wildman–Crippen MR) is 124 cm³/mol. The summed E-state index contributed by atoms with van der Waals surface area (Å²) in [6.07, 6.45) is 9.26. The van der Waals surface area contributed by atoms with Gasteiger partial charge in [0.25, 0.3) is 0 Å². The molecule has 1 aliphatic heterocycles. The number of ether oxygens (including phenoxy) is 1. The molecule has 6 heteroatoms. The zero-order valence-electron chi connectivity index (χ0n) is 19.5. The molecule has 4 bridgehead atoms. The van der Waals surface area contributed by atoms with E-state index in [0.29, 0.717) is 38.2 Å². The van der Waals surface area contributed by atoms with E-state index in [2.05, 4.69) is 5.10 Å². The van der Waals surface area contributed by atoms with Crippen LogP contribution in [0.3, 0.4) is 0 Å². The van der Waals surface area contributed by atoms with Crippen molar-refractivity contribution in [3.05, 3.63) is 47.3 Å². The van der Waals surface area contributed by atoms with E-state index in [0.717, 1.165) is 34.7 Å². The summed E-state index contributed by atoms with van der Waals surface area (Å²) in [5.74, 6) is 2.38. The molecule has 4 saturated carbocycles. The van der Waals surface area contributed by atoms with Gasteiger partial charge in [0, 0.05) is 31.5 Å². The maximum absolute atomic E-state index is 13.6. The second-order valence-electron chi connectivity index (χ2n) is 10.9. The van der Waals surface area contributed by atoms with E-state index in [-0.39, 0.29) is 11.3 Å². The average molecular weight is 448 g/mol. The molecule has 1 aromatic carbocycles. The van der Waals surface area contributed by atoms with Gasteiger partial charge in [-0.2, -0.15) is 5.10 Å². The Balaban J connectivity index is 1.26. The van der Waals surface area contributed by atoms with Crippen LogP contribution in [0, 0.1) is 23.2 Å². The van der Waals surface area contributed by atoms with Crippen LogP contribution >= 0.6 is 0 Å². The van der Waals surface area contributed by atoms with Crippen molar-refractivity contribution in [2.24, 2.45) is 23.2 Å². The van der Waals surface area contributed by atoms with Crippen molar-refractivity contribution in [2.75, 3.05) is 13.2 Å². The van der Waals surface area contributed by atoms with Gasteiger partial charge in [-0.3, -0.25) is 4.79 Å². The summed E-state index contributed by atoms with van der Waals surface area (Å²) in [7, 11) is 0. The van der Waals surface area contributed by atoms with E-state index in [1.165, 1.54) is 38.5 Å². The molecule has 1 aromatic heterocycles. The van der Waals surface area contributed by atoms with Gasteiger partial charge in [-0.1, -0.05) is 18.2 Å². The molecule has 0 unspecified atom stereocenters. The SMILES string of the molecule is CCOC(=O)c1nn(-c2ccccc2)c2c1CN(C(=O)CC13CC4CC(CC(C4)C1)C3)CC2. The molecule has 6 nitrogen and oxygen atoms in total. The van der Waals surface area contributed by atoms with Gasteiger partial charge in [-0.25, -0.2) is 9.48 Å². The normalized spacial score (nSPS) is 29.7. The Morgan fingerprint density at radius 1 is 1.06 bits per heavy atom. The van der Waals surface area contributed by atoms with Gasteiger partial charge >= 0.3 is 5.97 Å². The second kappa shape index (κ2) is 8.00. The van der Waals surface area contributed by atoms with Gasteiger partial charge in [0.2, 0.25) is 5.91 Å². The zero-order valence-corrected chi connectivity index (χ0v) is 19.5. The lowest BCUT2D eigenvalue weighted by atomic mass is 9.49. The molecule has 0 atom stereocenters. The number of carbonyl (C=O) groups excluding carboxylic acids is 2. The van der Waals surface area contributed by atoms with Crippen LogP contribution in [-0.2, 0) is 22.5 Å². The lowest BCUT2D eigenvalue weighted by Gasteiger charge is -2.57. The van der Waals surface area contributed by atoms with Gasteiger partial charge < -0.3 is 9.64 Å². The van der Waals surface area contributed by atoms with Gasteiger partial charge in [-0.15, -0.1) is 0 Å². The maximum atomic E-state index is 13.6. The summed E-state index contributed by atoms with van der Waals surface area (Å²) in [5.41, 5.74) is 3.37. The van der Waals surface area contributed by atoms with E-state index in [1.54, 1.807) is 6.92 Å². The van der Waals surface area contributed by atoms with Crippen LogP contribution in [-0.4, -0.2) is 39.7 Å². The van der Waals surface area contributed by atoms with Crippen molar-refractivity contribution in [3.8, 4) is 5.69 Å². The van der Waals surface area contributed by atoms with Gasteiger partial charge in [0.15, 0.2) is 5.69 Å². The molecule has 1 amide bonds. The number of aromatic nitrogens is 2. The highest BCUT2D eigenvalue weighted by molar-refractivity contribution is 5.90. The van der Waals surface area contributed by atoms with Gasteiger partial charge in [0.05, 0.1) is 18.0 Å². The largest absolute Gasteiger partial charge is 0.461 e. The third-order valence-corrected chi connectivity index (χ3v) is 8.57. The van der Waals surface area contributed by atoms with E-state index >= 15 is 0 Å². The molecule has 5 aliphatic rings. The molecule has 0 radical (unpaired) electrons. The van der Waals surface area contributed by atoms with Crippen LogP contribution in [0.4, 0.5) is 0 Å². The first-order valence-corrected chi connectivity index (χ1v) is 12.6. The van der Waals surface area contributed by atoms with E-state index < -0.39 is 5.97 Å². The quantitative estimate of drug-likeness (QED) is 0.631. The number of rotatable bonds is 5. The average Bonchev–Trinajstić information content (AvgIpc) is 3.18. The lowest BCUT2D eigenvalue weighted by molar-refractivity contribution is -0.140. The third-order valence-electron chi connectivity index (χ3n) is 8.57. The number of benzene rings is 1. The monoisotopic (exact) mass is 447 g/mol. The summed E-state index contributed by atoms with van der Waals surface area (Å²) < 4.78 is 7.18. The van der Waals surface area contributed by atoms with Crippen molar-refractivity contribution >= 4 is 11.9 Å². The molecule has 4 fully saturated rings. The summed E-state index contributed by atoms with van der Waals surface area (Å²) in [5, 5.41) is 4.66. The minimum atomic E-state index is -0.404. The Morgan fingerprint density at radius 3 is 2.36 bits per heavy atom. The lowest BCUT2D eigenvalue weighted by Crippen LogP contribution is -2.49. The summed E-state index contributed by atoms with van der Waals surface area (Å²) >= 11 is 0. The van der Waals surface area contributed by atoms with Crippen molar-refractivity contribution in [1.82, 2.24) is 14.7 Å². The number of esters is 1. The summed E-state index contributed by atoms with van der Waals surface area (Å²) in [4.78, 5) is 28.3. The van der Waals surface area contributed by atoms with E-state index in [9.17, 15) is 9.59 Å². The van der Waals surface area contributed by atoms with Crippen LogP contribution < -0.4 is 0 Å². The highest BCUT2D eigenvalue weighted by Gasteiger charge is 2.52. The molecule has 2 aromatic rings. The minimum Gasteiger partial charge on any atom is -0.461 e. The number of hydrogen-bond donors (Lipinski definition) is 0. The fraction of sp³-hybridized carbons (Fsp3) is 0.593. The summed E-state index contributed by atoms with van der Waals surface area (Å²) in [6, 6.07) is 9.89. The standard InChI is InChI=1S/C27H33N3O3/c1-2-33-26(32)25-22-17-29(9-8-23(22)30(28-25)21-6-4-3-5-7-21)24(31)16-27-13-18-10-19(14-27)12-20(11-18)15-27/h3-7,18-20H,2,8-17H2,1H3. The Morgan fingerprint density at radius 2 is 1.73 bits per heavy atom. The molecule has 7 rings (SSSR count). The number of amides is 1. The smallest absolute Gasteiger partial charge is 0.359 e. The Labute approximate surface area is 195 Å². The van der Waals surface area contributed by atoms with Crippen LogP contribution in [0.5, 0.6) is 0 Å². The number of nitrogens with zero attached hydrogens (tertiary/aromatic N) is 3. The fourth-order valence-electron chi connectivity index (χ4n) is 7.72. The van der Waals surface area contributed by atoms with Gasteiger partial charge in [0.1, 0.15) is 0 Å². The molecule has 33 heavy (non-hydrogen) atoms. The zero-order chi connectivity index (χ0) is 22.6. The molecule has 0 spiro atoms. The molecule has 2 heterocycles. The van der Waals surface area contributed by atoms with Crippen LogP contribution in [0.2, 0.25) is 0 Å². The van der Waals surface area contributed by atoms with Crippen molar-refractivity contribution in [2.45, 2.75) is 64.8 Å². The van der Waals surface area contributed by atoms with Crippen LogP contribution in [0.15, 0.2) is 30.3 Å². The van der Waals surface area contributed by atoms with E-state index in [1.807, 2.05) is 39.9 Å². The van der Waals surface area contributed by atoms with Crippen molar-refractivity contribution < 1.29 is 14.3 Å². The summed E-state index contributed by atoms with van der Waals surface area (Å²) in [6.45, 7) is 3.24. The molecule has 0 N–H and O–H groups in total. The molecular weight excluding hydrogens is 414 g/mol. The molecular formula is C27H33N3O3. The Hall–Kier alpha value is -2.63. The van der Waals surface area contributed by atoms with Gasteiger partial charge in [-0.05, 0) is 80.8 Å². The Bertz CT molecular complexity index is 1040. The predicted octanol–water partition coefficient (Wildman–Crippen LogP) is 4.54. The first-order valence-electron chi connectivity index (χ1n) is 12.6. The fourth-order valence-corrected chi connectivity index (χ4v) is 7.72. The molecule has 4 aliphatic carbocycles. The first kappa shape index (κ1) is 20.9. The number of carbonyl (C=O) groups is 2. The molecule has 174 valence electrons. The van der Waals surface area contributed by atoms with E-state index in [4.69, 9.17) is 4.74 Å². The third kappa shape index (κ3) is 3.68. The van der Waals surface area contributed by atoms with Crippen molar-refractivity contribution in [3.63, 3.8) is 0 Å². The molecule has 0 saturated heterocycles. The highest BCUT2D eigenvalue weighted by Crippen LogP contribution is 2.61. The number of hydrogen-bond acceptors (Lipinski definition) is 4. The maximum Gasteiger partial charge on any atom is 0.359 e. The van der Waals surface area contributed by atoms with Crippen LogP contribution in [0.1, 0.15) is 73.6 Å². The second-order valence-corrected chi connectivity index (χ2v) is 10.9. The first-order chi connectivity index (χ1) is 16.0.